The average Bonchev–Trinajstić information content (AvgIpc) is 2.30. The molecular formula is C10H9ClN2O4. The van der Waals surface area contributed by atoms with Gasteiger partial charge in [-0.05, 0) is 6.08 Å². The number of hydrogen-bond acceptors (Lipinski definition) is 5. The van der Waals surface area contributed by atoms with E-state index in [9.17, 15) is 14.9 Å². The number of nitro groups is 1. The predicted octanol–water partition coefficient (Wildman–Crippen LogP) is 2.22. The van der Waals surface area contributed by atoms with Crippen molar-refractivity contribution in [2.45, 2.75) is 6.42 Å². The second-order valence-corrected chi connectivity index (χ2v) is 3.43. The van der Waals surface area contributed by atoms with Crippen molar-refractivity contribution in [3.05, 3.63) is 39.2 Å². The minimum Gasteiger partial charge on any atom is -0.469 e. The van der Waals surface area contributed by atoms with E-state index in [1.54, 1.807) is 0 Å². The third kappa shape index (κ3) is 3.84. The summed E-state index contributed by atoms with van der Waals surface area (Å²) in [6.45, 7) is 0. The highest BCUT2D eigenvalue weighted by molar-refractivity contribution is 6.30. The van der Waals surface area contributed by atoms with Gasteiger partial charge in [-0.25, -0.2) is 4.98 Å². The number of halogens is 1. The molecule has 90 valence electrons. The van der Waals surface area contributed by atoms with Crippen molar-refractivity contribution >= 4 is 29.3 Å². The third-order valence-corrected chi connectivity index (χ3v) is 2.06. The molecule has 1 rings (SSSR count). The number of hydrogen-bond donors (Lipinski definition) is 0. The first-order valence-electron chi connectivity index (χ1n) is 4.58. The lowest BCUT2D eigenvalue weighted by Crippen LogP contribution is -1.97. The highest BCUT2D eigenvalue weighted by Gasteiger charge is 2.13. The maximum absolute atomic E-state index is 10.8. The van der Waals surface area contributed by atoms with Crippen LogP contribution < -0.4 is 0 Å². The van der Waals surface area contributed by atoms with Crippen LogP contribution in [0.5, 0.6) is 0 Å². The standard InChI is InChI=1S/C10H9ClN2O4/c1-17-10(14)4-2-3-8-9(13(15)16)5-7(11)6-12-8/h2-3,5-6H,4H2,1H3. The van der Waals surface area contributed by atoms with E-state index in [4.69, 9.17) is 11.6 Å². The fourth-order valence-electron chi connectivity index (χ4n) is 1.06. The summed E-state index contributed by atoms with van der Waals surface area (Å²) in [7, 11) is 1.26. The number of carbonyl (C=O) groups is 1. The van der Waals surface area contributed by atoms with Gasteiger partial charge < -0.3 is 4.74 Å². The number of methoxy groups -OCH3 is 1. The zero-order valence-corrected chi connectivity index (χ0v) is 9.68. The molecule has 0 atom stereocenters. The summed E-state index contributed by atoms with van der Waals surface area (Å²) in [6, 6.07) is 1.20. The van der Waals surface area contributed by atoms with Gasteiger partial charge in [-0.15, -0.1) is 0 Å². The Morgan fingerprint density at radius 2 is 2.41 bits per heavy atom. The third-order valence-electron chi connectivity index (χ3n) is 1.85. The average molecular weight is 257 g/mol. The second kappa shape index (κ2) is 5.95. The smallest absolute Gasteiger partial charge is 0.309 e. The minimum atomic E-state index is -0.587. The first-order chi connectivity index (χ1) is 8.04. The molecule has 0 aliphatic heterocycles. The molecule has 0 N–H and O–H groups in total. The van der Waals surface area contributed by atoms with Gasteiger partial charge in [-0.3, -0.25) is 14.9 Å². The van der Waals surface area contributed by atoms with Crippen LogP contribution >= 0.6 is 11.6 Å². The van der Waals surface area contributed by atoms with Crippen LogP contribution in [-0.4, -0.2) is 23.0 Å². The Morgan fingerprint density at radius 3 is 3.00 bits per heavy atom. The molecular weight excluding hydrogens is 248 g/mol. The molecule has 7 heteroatoms. The van der Waals surface area contributed by atoms with E-state index in [1.807, 2.05) is 0 Å². The molecule has 6 nitrogen and oxygen atoms in total. The van der Waals surface area contributed by atoms with E-state index < -0.39 is 10.9 Å². The summed E-state index contributed by atoms with van der Waals surface area (Å²) in [5.41, 5.74) is -0.0677. The highest BCUT2D eigenvalue weighted by atomic mass is 35.5. The van der Waals surface area contributed by atoms with E-state index >= 15 is 0 Å². The number of nitrogens with zero attached hydrogens (tertiary/aromatic N) is 2. The maximum Gasteiger partial charge on any atom is 0.309 e. The van der Waals surface area contributed by atoms with Crippen molar-refractivity contribution in [1.29, 1.82) is 0 Å². The van der Waals surface area contributed by atoms with Crippen LogP contribution in [0.4, 0.5) is 5.69 Å². The Bertz CT molecular complexity index is 473. The van der Waals surface area contributed by atoms with Crippen LogP contribution in [0.2, 0.25) is 5.02 Å². The number of esters is 1. The lowest BCUT2D eigenvalue weighted by molar-refractivity contribution is -0.385. The van der Waals surface area contributed by atoms with Crippen LogP contribution in [0.25, 0.3) is 6.08 Å². The van der Waals surface area contributed by atoms with Crippen LogP contribution in [0, 0.1) is 10.1 Å². The lowest BCUT2D eigenvalue weighted by atomic mass is 10.2. The van der Waals surface area contributed by atoms with Gasteiger partial charge in [0.1, 0.15) is 5.69 Å². The SMILES string of the molecule is COC(=O)CC=Cc1ncc(Cl)cc1[N+](=O)[O-]. The fourth-order valence-corrected chi connectivity index (χ4v) is 1.22. The molecule has 17 heavy (non-hydrogen) atoms. The number of aromatic nitrogens is 1. The van der Waals surface area contributed by atoms with Crippen molar-refractivity contribution in [2.24, 2.45) is 0 Å². The van der Waals surface area contributed by atoms with Crippen LogP contribution in [-0.2, 0) is 9.53 Å². The molecule has 0 bridgehead atoms. The fraction of sp³-hybridized carbons (Fsp3) is 0.200. The van der Waals surface area contributed by atoms with Gasteiger partial charge in [0, 0.05) is 12.3 Å². The van der Waals surface area contributed by atoms with Gasteiger partial charge in [-0.2, -0.15) is 0 Å². The number of carbonyl (C=O) groups excluding carboxylic acids is 1. The van der Waals surface area contributed by atoms with Gasteiger partial charge in [0.05, 0.1) is 23.5 Å². The van der Waals surface area contributed by atoms with Crippen molar-refractivity contribution in [3.63, 3.8) is 0 Å². The summed E-state index contributed by atoms with van der Waals surface area (Å²) in [6.07, 6.45) is 4.14. The molecule has 0 amide bonds. The Labute approximate surface area is 102 Å². The topological polar surface area (TPSA) is 82.3 Å². The Hall–Kier alpha value is -1.95. The van der Waals surface area contributed by atoms with E-state index in [1.165, 1.54) is 31.5 Å². The minimum absolute atomic E-state index is 0.0258. The normalized spacial score (nSPS) is 10.5. The molecule has 0 saturated heterocycles. The Balaban J connectivity index is 2.90. The Morgan fingerprint density at radius 1 is 1.71 bits per heavy atom. The molecule has 1 aromatic rings. The molecule has 0 radical (unpaired) electrons. The van der Waals surface area contributed by atoms with Crippen LogP contribution in [0.15, 0.2) is 18.3 Å². The molecule has 0 fully saturated rings. The van der Waals surface area contributed by atoms with Gasteiger partial charge in [-0.1, -0.05) is 17.7 Å². The van der Waals surface area contributed by atoms with Crippen LogP contribution in [0.1, 0.15) is 12.1 Å². The summed E-state index contributed by atoms with van der Waals surface area (Å²) >= 11 is 5.60. The Kier molecular flexibility index (Phi) is 4.59. The molecule has 0 unspecified atom stereocenters. The lowest BCUT2D eigenvalue weighted by Gasteiger charge is -1.97. The zero-order valence-electron chi connectivity index (χ0n) is 8.92. The van der Waals surface area contributed by atoms with Gasteiger partial charge in [0.25, 0.3) is 5.69 Å². The molecule has 0 aliphatic rings. The van der Waals surface area contributed by atoms with Crippen molar-refractivity contribution in [2.75, 3.05) is 7.11 Å². The molecule has 1 heterocycles. The summed E-state index contributed by atoms with van der Waals surface area (Å²) in [5, 5.41) is 10.9. The maximum atomic E-state index is 10.8. The molecule has 0 spiro atoms. The summed E-state index contributed by atoms with van der Waals surface area (Å²) in [5.74, 6) is -0.433. The molecule has 0 aliphatic carbocycles. The van der Waals surface area contributed by atoms with Crippen molar-refractivity contribution in [1.82, 2.24) is 4.98 Å². The van der Waals surface area contributed by atoms with Crippen LogP contribution in [0.3, 0.4) is 0 Å². The number of ether oxygens (including phenoxy) is 1. The zero-order chi connectivity index (χ0) is 12.8. The second-order valence-electron chi connectivity index (χ2n) is 3.00. The van der Waals surface area contributed by atoms with Gasteiger partial charge >= 0.3 is 5.97 Å². The quantitative estimate of drug-likeness (QED) is 0.469. The first kappa shape index (κ1) is 13.1. The highest BCUT2D eigenvalue weighted by Crippen LogP contribution is 2.21. The number of pyridine rings is 1. The van der Waals surface area contributed by atoms with Gasteiger partial charge in [0.2, 0.25) is 0 Å². The predicted molar refractivity (Wildman–Crippen MR) is 61.6 cm³/mol. The van der Waals surface area contributed by atoms with Crippen molar-refractivity contribution in [3.8, 4) is 0 Å². The first-order valence-corrected chi connectivity index (χ1v) is 4.95. The van der Waals surface area contributed by atoms with E-state index in [-0.39, 0.29) is 22.8 Å². The molecule has 0 aromatic carbocycles. The van der Waals surface area contributed by atoms with E-state index in [2.05, 4.69) is 9.72 Å². The monoisotopic (exact) mass is 256 g/mol. The largest absolute Gasteiger partial charge is 0.469 e. The summed E-state index contributed by atoms with van der Waals surface area (Å²) < 4.78 is 4.42. The number of rotatable bonds is 4. The summed E-state index contributed by atoms with van der Waals surface area (Å²) in [4.78, 5) is 24.8. The van der Waals surface area contributed by atoms with E-state index in [0.29, 0.717) is 0 Å². The molecule has 1 aromatic heterocycles. The van der Waals surface area contributed by atoms with E-state index in [0.717, 1.165) is 0 Å². The van der Waals surface area contributed by atoms with Gasteiger partial charge in [0.15, 0.2) is 0 Å². The molecule has 0 saturated carbocycles. The van der Waals surface area contributed by atoms with Crippen molar-refractivity contribution < 1.29 is 14.5 Å².